The van der Waals surface area contributed by atoms with Gasteiger partial charge in [0.1, 0.15) is 0 Å². The summed E-state index contributed by atoms with van der Waals surface area (Å²) in [6.45, 7) is 10.1. The first-order valence-corrected chi connectivity index (χ1v) is 13.1. The third-order valence-corrected chi connectivity index (χ3v) is 10.6. The molecule has 3 aliphatic rings. The average Bonchev–Trinajstić information content (AvgIpc) is 3.26. The first-order chi connectivity index (χ1) is 17.5. The average molecular weight is 465 g/mol. The molecule has 0 N–H and O–H groups in total. The highest BCUT2D eigenvalue weighted by molar-refractivity contribution is 6.13. The van der Waals surface area contributed by atoms with Crippen LogP contribution in [0.5, 0.6) is 0 Å². The highest BCUT2D eigenvalue weighted by atomic mass is 15.0. The molecule has 0 radical (unpaired) electrons. The summed E-state index contributed by atoms with van der Waals surface area (Å²) in [5.74, 6) is 0. The van der Waals surface area contributed by atoms with Crippen molar-refractivity contribution in [3.05, 3.63) is 149 Å². The number of allylic oxidation sites excluding steroid dienone is 4. The summed E-state index contributed by atoms with van der Waals surface area (Å²) in [6.07, 6.45) is 0. The maximum Gasteiger partial charge on any atom is 0.0382 e. The molecule has 1 saturated carbocycles. The van der Waals surface area contributed by atoms with Crippen LogP contribution >= 0.6 is 0 Å². The van der Waals surface area contributed by atoms with E-state index in [1.807, 2.05) is 0 Å². The Labute approximate surface area is 215 Å². The summed E-state index contributed by atoms with van der Waals surface area (Å²) in [5.41, 5.74) is 11.4. The standard InChI is InChI=1S/C36H32/c1-25-30(26-17-9-5-10-18-26)36(29-23-15-8-16-24-29)34(3)32(28-21-13-7-14-22-28)31(27-19-11-6-12-20-27)33(25,2)35(34,36)4/h5-24H,1-4H3/t33-,34?,35-,36?/m1/s1. The largest absolute Gasteiger partial charge is 0.0622 e. The second kappa shape index (κ2) is 6.98. The van der Waals surface area contributed by atoms with Gasteiger partial charge >= 0.3 is 0 Å². The maximum atomic E-state index is 2.58. The van der Waals surface area contributed by atoms with E-state index in [-0.39, 0.29) is 21.7 Å². The van der Waals surface area contributed by atoms with E-state index in [1.165, 1.54) is 44.5 Å². The van der Waals surface area contributed by atoms with Gasteiger partial charge in [-0.15, -0.1) is 0 Å². The predicted molar refractivity (Wildman–Crippen MR) is 151 cm³/mol. The van der Waals surface area contributed by atoms with E-state index >= 15 is 0 Å². The van der Waals surface area contributed by atoms with Crippen molar-refractivity contribution in [1.82, 2.24) is 0 Å². The molecule has 0 saturated heterocycles. The Kier molecular flexibility index (Phi) is 4.19. The topological polar surface area (TPSA) is 0 Å². The second-order valence-corrected chi connectivity index (χ2v) is 11.3. The van der Waals surface area contributed by atoms with Gasteiger partial charge in [0.05, 0.1) is 0 Å². The normalized spacial score (nSPS) is 32.1. The molecular weight excluding hydrogens is 432 g/mol. The molecule has 0 nitrogen and oxygen atoms in total. The molecular formula is C36H32. The van der Waals surface area contributed by atoms with Crippen LogP contribution in [0.3, 0.4) is 0 Å². The number of fused-ring (bicyclic) bond motifs is 1. The zero-order valence-corrected chi connectivity index (χ0v) is 21.5. The highest BCUT2D eigenvalue weighted by Gasteiger charge is 2.95. The van der Waals surface area contributed by atoms with Gasteiger partial charge in [0.25, 0.3) is 0 Å². The van der Waals surface area contributed by atoms with Crippen molar-refractivity contribution >= 4 is 16.7 Å². The SMILES string of the molecule is CC1=C(c2ccccc2)C2(c3ccccc3)C3(C)C(c4ccccc4)=C(c4ccccc4)[C@]1(C)[C@]32C. The fourth-order valence-corrected chi connectivity index (χ4v) is 9.09. The van der Waals surface area contributed by atoms with Crippen molar-refractivity contribution in [2.24, 2.45) is 16.2 Å². The molecule has 0 heteroatoms. The maximum absolute atomic E-state index is 2.58. The lowest BCUT2D eigenvalue weighted by atomic mass is 9.66. The molecule has 3 aliphatic carbocycles. The van der Waals surface area contributed by atoms with Crippen LogP contribution in [-0.4, -0.2) is 0 Å². The molecule has 2 unspecified atom stereocenters. The first kappa shape index (κ1) is 21.6. The molecule has 7 rings (SSSR count). The van der Waals surface area contributed by atoms with E-state index in [4.69, 9.17) is 0 Å². The minimum atomic E-state index is -0.102. The van der Waals surface area contributed by atoms with Crippen molar-refractivity contribution in [3.63, 3.8) is 0 Å². The van der Waals surface area contributed by atoms with Crippen molar-refractivity contribution in [3.8, 4) is 0 Å². The summed E-state index contributed by atoms with van der Waals surface area (Å²) in [5, 5.41) is 0. The van der Waals surface area contributed by atoms with Gasteiger partial charge in [-0.2, -0.15) is 0 Å². The third-order valence-electron chi connectivity index (χ3n) is 10.6. The lowest BCUT2D eigenvalue weighted by Gasteiger charge is -2.36. The summed E-state index contributed by atoms with van der Waals surface area (Å²) < 4.78 is 0. The van der Waals surface area contributed by atoms with Crippen LogP contribution in [-0.2, 0) is 5.41 Å². The van der Waals surface area contributed by atoms with E-state index in [0.29, 0.717) is 0 Å². The molecule has 0 heterocycles. The lowest BCUT2D eigenvalue weighted by Crippen LogP contribution is -2.29. The molecule has 4 aromatic carbocycles. The summed E-state index contributed by atoms with van der Waals surface area (Å²) in [6, 6.07) is 44.9. The molecule has 36 heavy (non-hydrogen) atoms. The second-order valence-electron chi connectivity index (χ2n) is 11.3. The van der Waals surface area contributed by atoms with Gasteiger partial charge in [0.15, 0.2) is 0 Å². The fourth-order valence-electron chi connectivity index (χ4n) is 9.09. The van der Waals surface area contributed by atoms with Crippen LogP contribution in [0.25, 0.3) is 16.7 Å². The number of benzene rings is 4. The molecule has 0 aromatic heterocycles. The number of hydrogen-bond acceptors (Lipinski definition) is 0. The van der Waals surface area contributed by atoms with Crippen LogP contribution in [0, 0.1) is 16.2 Å². The molecule has 0 amide bonds. The summed E-state index contributed by atoms with van der Waals surface area (Å²) >= 11 is 0. The number of hydrogen-bond donors (Lipinski definition) is 0. The van der Waals surface area contributed by atoms with Gasteiger partial charge in [0.2, 0.25) is 0 Å². The van der Waals surface area contributed by atoms with Gasteiger partial charge in [-0.1, -0.05) is 148 Å². The van der Waals surface area contributed by atoms with Gasteiger partial charge in [-0.3, -0.25) is 0 Å². The Bertz CT molecular complexity index is 1540. The lowest BCUT2D eigenvalue weighted by molar-refractivity contribution is 0.294. The van der Waals surface area contributed by atoms with Crippen LogP contribution in [0.2, 0.25) is 0 Å². The van der Waals surface area contributed by atoms with Crippen LogP contribution < -0.4 is 0 Å². The van der Waals surface area contributed by atoms with Crippen LogP contribution in [0.15, 0.2) is 127 Å². The van der Waals surface area contributed by atoms with E-state index in [1.54, 1.807) is 0 Å². The van der Waals surface area contributed by atoms with Gasteiger partial charge in [0, 0.05) is 21.7 Å². The van der Waals surface area contributed by atoms with Crippen LogP contribution in [0.4, 0.5) is 0 Å². The predicted octanol–water partition coefficient (Wildman–Crippen LogP) is 9.07. The Morgan fingerprint density at radius 3 is 1.31 bits per heavy atom. The van der Waals surface area contributed by atoms with E-state index in [9.17, 15) is 0 Å². The minimum absolute atomic E-state index is 0.0139. The minimum Gasteiger partial charge on any atom is -0.0622 e. The van der Waals surface area contributed by atoms with E-state index < -0.39 is 0 Å². The third kappa shape index (κ3) is 2.07. The zero-order chi connectivity index (χ0) is 24.8. The highest BCUT2D eigenvalue weighted by Crippen LogP contribution is 3.00. The van der Waals surface area contributed by atoms with E-state index in [0.717, 1.165) is 0 Å². The fraction of sp³-hybridized carbons (Fsp3) is 0.222. The molecule has 0 bridgehead atoms. The Morgan fingerprint density at radius 1 is 0.444 bits per heavy atom. The molecule has 0 spiro atoms. The van der Waals surface area contributed by atoms with Gasteiger partial charge in [-0.25, -0.2) is 0 Å². The van der Waals surface area contributed by atoms with E-state index in [2.05, 4.69) is 149 Å². The van der Waals surface area contributed by atoms with Crippen molar-refractivity contribution < 1.29 is 0 Å². The first-order valence-electron chi connectivity index (χ1n) is 13.1. The molecule has 4 atom stereocenters. The smallest absolute Gasteiger partial charge is 0.0382 e. The van der Waals surface area contributed by atoms with Gasteiger partial charge in [-0.05, 0) is 45.9 Å². The Balaban J connectivity index is 1.66. The van der Waals surface area contributed by atoms with Crippen molar-refractivity contribution in [2.75, 3.05) is 0 Å². The molecule has 0 aliphatic heterocycles. The van der Waals surface area contributed by atoms with Crippen molar-refractivity contribution in [1.29, 1.82) is 0 Å². The number of rotatable bonds is 4. The quantitative estimate of drug-likeness (QED) is 0.282. The summed E-state index contributed by atoms with van der Waals surface area (Å²) in [7, 11) is 0. The Morgan fingerprint density at radius 2 is 0.833 bits per heavy atom. The molecule has 176 valence electrons. The molecule has 1 fully saturated rings. The molecule has 4 aromatic rings. The monoisotopic (exact) mass is 464 g/mol. The van der Waals surface area contributed by atoms with Crippen LogP contribution in [0.1, 0.15) is 49.9 Å². The van der Waals surface area contributed by atoms with Gasteiger partial charge < -0.3 is 0 Å². The summed E-state index contributed by atoms with van der Waals surface area (Å²) in [4.78, 5) is 0. The Hall–Kier alpha value is -3.64. The zero-order valence-electron chi connectivity index (χ0n) is 21.5. The van der Waals surface area contributed by atoms with Crippen molar-refractivity contribution in [2.45, 2.75) is 33.1 Å².